The van der Waals surface area contributed by atoms with E-state index >= 15 is 0 Å². The quantitative estimate of drug-likeness (QED) is 0.597. The Kier molecular flexibility index (Phi) is 5.65. The molecule has 0 atom stereocenters. The third-order valence-corrected chi connectivity index (χ3v) is 2.81. The summed E-state index contributed by atoms with van der Waals surface area (Å²) in [7, 11) is 0. The molecule has 0 amide bonds. The van der Waals surface area contributed by atoms with Crippen LogP contribution in [-0.2, 0) is 6.54 Å². The monoisotopic (exact) mass is 266 g/mol. The fourth-order valence-electron chi connectivity index (χ4n) is 1.86. The predicted molar refractivity (Wildman–Crippen MR) is 67.3 cm³/mol. The Hall–Kier alpha value is -1.55. The number of rotatable bonds is 5. The molecule has 1 heterocycles. The van der Waals surface area contributed by atoms with Crippen molar-refractivity contribution in [2.75, 3.05) is 18.1 Å². The Balaban J connectivity index is 0.00000162. The molecule has 0 N–H and O–H groups in total. The van der Waals surface area contributed by atoms with Gasteiger partial charge in [0.15, 0.2) is 0 Å². The minimum absolute atomic E-state index is 0. The molecule has 0 saturated heterocycles. The van der Waals surface area contributed by atoms with Crippen LogP contribution in [0.3, 0.4) is 0 Å². The van der Waals surface area contributed by atoms with Crippen molar-refractivity contribution < 1.29 is 17.1 Å². The lowest BCUT2D eigenvalue weighted by Gasteiger charge is -2.13. The molecule has 2 aromatic rings. The van der Waals surface area contributed by atoms with Gasteiger partial charge in [0.25, 0.3) is 6.33 Å². The third-order valence-electron chi connectivity index (χ3n) is 2.81. The first-order valence-corrected chi connectivity index (χ1v) is 6.06. The van der Waals surface area contributed by atoms with Crippen molar-refractivity contribution in [2.24, 2.45) is 0 Å². The van der Waals surface area contributed by atoms with Gasteiger partial charge < -0.3 is 12.4 Å². The van der Waals surface area contributed by atoms with E-state index in [2.05, 4.69) is 48.2 Å². The van der Waals surface area contributed by atoms with Crippen molar-refractivity contribution in [3.63, 3.8) is 0 Å². The van der Waals surface area contributed by atoms with E-state index in [1.54, 1.807) is 0 Å². The van der Waals surface area contributed by atoms with Crippen LogP contribution in [0.5, 0.6) is 0 Å². The summed E-state index contributed by atoms with van der Waals surface area (Å²) in [4.78, 5) is 0. The van der Waals surface area contributed by atoms with E-state index in [9.17, 15) is 0 Å². The highest BCUT2D eigenvalue weighted by Gasteiger charge is 2.10. The van der Waals surface area contributed by atoms with Gasteiger partial charge in [-0.1, -0.05) is 30.3 Å². The van der Waals surface area contributed by atoms with E-state index in [0.717, 1.165) is 19.6 Å². The van der Waals surface area contributed by atoms with Gasteiger partial charge in [-0.05, 0) is 24.5 Å². The van der Waals surface area contributed by atoms with Crippen LogP contribution in [0.2, 0.25) is 0 Å². The molecule has 0 aliphatic rings. The van der Waals surface area contributed by atoms with Crippen molar-refractivity contribution >= 4 is 0 Å². The Labute approximate surface area is 114 Å². The van der Waals surface area contributed by atoms with Gasteiger partial charge in [0.2, 0.25) is 6.33 Å². The van der Waals surface area contributed by atoms with Gasteiger partial charge in [0.05, 0.1) is 13.1 Å². The van der Waals surface area contributed by atoms with Gasteiger partial charge in [-0.25, -0.2) is 5.01 Å². The lowest BCUT2D eigenvalue weighted by atomic mass is 10.2. The van der Waals surface area contributed by atoms with E-state index in [1.165, 1.54) is 5.56 Å². The van der Waals surface area contributed by atoms with Gasteiger partial charge >= 0.3 is 0 Å². The smallest absolute Gasteiger partial charge is 0.289 e. The summed E-state index contributed by atoms with van der Waals surface area (Å²) < 4.78 is 4.00. The van der Waals surface area contributed by atoms with Gasteiger partial charge in [-0.2, -0.15) is 0 Å². The van der Waals surface area contributed by atoms with Crippen LogP contribution in [0, 0.1) is 0 Å². The topological polar surface area (TPSA) is 24.9 Å². The maximum absolute atomic E-state index is 4.37. The highest BCUT2D eigenvalue weighted by molar-refractivity contribution is 5.13. The molecule has 0 aliphatic heterocycles. The Bertz CT molecular complexity index is 451. The number of hydrogen-bond acceptors (Lipinski definition) is 2. The summed E-state index contributed by atoms with van der Waals surface area (Å²) in [5.74, 6) is 0. The highest BCUT2D eigenvalue weighted by atomic mass is 35.5. The van der Waals surface area contributed by atoms with Crippen LogP contribution in [-0.4, -0.2) is 22.9 Å². The van der Waals surface area contributed by atoms with E-state index in [4.69, 9.17) is 0 Å². The third kappa shape index (κ3) is 3.47. The number of benzene rings is 1. The lowest BCUT2D eigenvalue weighted by Crippen LogP contribution is -3.00. The number of nitrogens with zero attached hydrogens (tertiary/aromatic N) is 4. The van der Waals surface area contributed by atoms with E-state index in [1.807, 2.05) is 28.1 Å². The zero-order chi connectivity index (χ0) is 12.1. The largest absolute Gasteiger partial charge is 1.00 e. The normalized spacial score (nSPS) is 9.89. The van der Waals surface area contributed by atoms with Gasteiger partial charge in [0, 0.05) is 0 Å². The fourth-order valence-corrected chi connectivity index (χ4v) is 1.86. The Morgan fingerprint density at radius 2 is 1.83 bits per heavy atom. The summed E-state index contributed by atoms with van der Waals surface area (Å²) in [5, 5.41) is 6.58. The molecule has 2 rings (SSSR count). The molecule has 0 unspecified atom stereocenters. The first-order chi connectivity index (χ1) is 8.33. The summed E-state index contributed by atoms with van der Waals surface area (Å²) in [6, 6.07) is 10.4. The van der Waals surface area contributed by atoms with Crippen molar-refractivity contribution in [3.05, 3.63) is 48.5 Å². The Morgan fingerprint density at radius 1 is 1.17 bits per heavy atom. The second-order valence-corrected chi connectivity index (χ2v) is 3.95. The molecule has 98 valence electrons. The van der Waals surface area contributed by atoms with E-state index < -0.39 is 0 Å². The zero-order valence-electron chi connectivity index (χ0n) is 10.8. The second-order valence-electron chi connectivity index (χ2n) is 3.95. The minimum Gasteiger partial charge on any atom is -1.00 e. The number of aromatic nitrogens is 3. The molecular weight excluding hydrogens is 248 g/mol. The maximum Gasteiger partial charge on any atom is 0.289 e. The molecule has 5 heteroatoms. The molecule has 4 nitrogen and oxygen atoms in total. The summed E-state index contributed by atoms with van der Waals surface area (Å²) in [5.41, 5.74) is 1.27. The van der Waals surface area contributed by atoms with Crippen LogP contribution >= 0.6 is 0 Å². The molecular formula is C13H19ClN4. The van der Waals surface area contributed by atoms with E-state index in [-0.39, 0.29) is 12.4 Å². The van der Waals surface area contributed by atoms with Crippen LogP contribution in [0.1, 0.15) is 19.4 Å². The van der Waals surface area contributed by atoms with Crippen molar-refractivity contribution in [2.45, 2.75) is 20.4 Å². The number of halogens is 1. The van der Waals surface area contributed by atoms with Gasteiger partial charge in [-0.3, -0.25) is 0 Å². The van der Waals surface area contributed by atoms with Crippen molar-refractivity contribution in [1.82, 2.24) is 9.77 Å². The molecule has 0 aliphatic carbocycles. The number of hydrogen-bond donors (Lipinski definition) is 0. The molecule has 18 heavy (non-hydrogen) atoms. The van der Waals surface area contributed by atoms with Gasteiger partial charge in [-0.15, -0.1) is 9.36 Å². The average Bonchev–Trinajstić information content (AvgIpc) is 2.81. The maximum atomic E-state index is 4.37. The minimum atomic E-state index is 0. The standard InChI is InChI=1S/C13H19N4.ClH/c1-3-16(4-2)17-11-14-15(12-17)10-13-8-6-5-7-9-13;/h5-9,11-12H,3-4,10H2,1-2H3;1H/q+1;/p-1. The zero-order valence-corrected chi connectivity index (χ0v) is 11.6. The molecule has 0 saturated carbocycles. The fraction of sp³-hybridized carbons (Fsp3) is 0.385. The van der Waals surface area contributed by atoms with Crippen LogP contribution < -0.4 is 22.1 Å². The first kappa shape index (κ1) is 14.5. The van der Waals surface area contributed by atoms with Crippen LogP contribution in [0.4, 0.5) is 0 Å². The molecule has 0 fully saturated rings. The summed E-state index contributed by atoms with van der Waals surface area (Å²) >= 11 is 0. The molecule has 0 bridgehead atoms. The van der Waals surface area contributed by atoms with Crippen molar-refractivity contribution in [1.29, 1.82) is 0 Å². The summed E-state index contributed by atoms with van der Waals surface area (Å²) in [6.45, 7) is 7.07. The first-order valence-electron chi connectivity index (χ1n) is 6.06. The molecule has 0 spiro atoms. The van der Waals surface area contributed by atoms with Crippen LogP contribution in [0.25, 0.3) is 0 Å². The molecule has 0 radical (unpaired) electrons. The molecule has 1 aromatic carbocycles. The van der Waals surface area contributed by atoms with Gasteiger partial charge in [0.1, 0.15) is 6.54 Å². The second kappa shape index (κ2) is 7.01. The predicted octanol–water partition coefficient (Wildman–Crippen LogP) is -1.80. The van der Waals surface area contributed by atoms with Crippen LogP contribution in [0.15, 0.2) is 43.0 Å². The summed E-state index contributed by atoms with van der Waals surface area (Å²) in [6.07, 6.45) is 3.88. The highest BCUT2D eigenvalue weighted by Crippen LogP contribution is 1.97. The van der Waals surface area contributed by atoms with E-state index in [0.29, 0.717) is 0 Å². The molecule has 1 aromatic heterocycles. The lowest BCUT2D eigenvalue weighted by molar-refractivity contribution is -0.744. The SMILES string of the molecule is CCN(CC)n1cn[n+](Cc2ccccc2)c1.[Cl-]. The van der Waals surface area contributed by atoms with Crippen molar-refractivity contribution in [3.8, 4) is 0 Å². The average molecular weight is 267 g/mol. The Morgan fingerprint density at radius 3 is 2.44 bits per heavy atom.